The van der Waals surface area contributed by atoms with Gasteiger partial charge >= 0.3 is 0 Å². The van der Waals surface area contributed by atoms with Gasteiger partial charge in [0.1, 0.15) is 17.6 Å². The van der Waals surface area contributed by atoms with E-state index in [1.165, 1.54) is 6.26 Å². The summed E-state index contributed by atoms with van der Waals surface area (Å²) in [6.07, 6.45) is 1.42. The van der Waals surface area contributed by atoms with Gasteiger partial charge in [0.15, 0.2) is 5.65 Å². The zero-order valence-electron chi connectivity index (χ0n) is 14.6. The van der Waals surface area contributed by atoms with E-state index >= 15 is 0 Å². The summed E-state index contributed by atoms with van der Waals surface area (Å²) in [7, 11) is 1.82. The standard InChI is InChI=1S/C19H17N5O2/c1-11-16(10-26-23-11)21-19(25)14-9-15(13-7-5-4-6-8-13)20-18-17(14)12(2)22-24(18)3/h4-10H,1-3H3,(H,21,25). The number of aryl methyl sites for hydroxylation is 3. The average molecular weight is 347 g/mol. The van der Waals surface area contributed by atoms with E-state index in [0.717, 1.165) is 16.6 Å². The number of nitrogens with one attached hydrogen (secondary N) is 1. The first-order chi connectivity index (χ1) is 12.5. The molecule has 0 aliphatic carbocycles. The fraction of sp³-hybridized carbons (Fsp3) is 0.158. The van der Waals surface area contributed by atoms with Gasteiger partial charge in [-0.25, -0.2) is 4.98 Å². The Hall–Kier alpha value is -3.48. The van der Waals surface area contributed by atoms with Gasteiger partial charge in [-0.1, -0.05) is 35.5 Å². The second kappa shape index (κ2) is 6.11. The Balaban J connectivity index is 1.89. The van der Waals surface area contributed by atoms with Gasteiger partial charge in [0.05, 0.1) is 22.3 Å². The number of amides is 1. The minimum atomic E-state index is -0.253. The molecule has 1 aromatic carbocycles. The molecule has 0 bridgehead atoms. The Morgan fingerprint density at radius 1 is 1.15 bits per heavy atom. The third-order valence-corrected chi connectivity index (χ3v) is 4.28. The molecule has 4 rings (SSSR count). The van der Waals surface area contributed by atoms with Crippen molar-refractivity contribution < 1.29 is 9.32 Å². The summed E-state index contributed by atoms with van der Waals surface area (Å²) in [5.41, 5.74) is 4.74. The molecule has 1 amide bonds. The van der Waals surface area contributed by atoms with Gasteiger partial charge in [0, 0.05) is 12.6 Å². The molecule has 0 aliphatic heterocycles. The van der Waals surface area contributed by atoms with Crippen molar-refractivity contribution in [2.75, 3.05) is 5.32 Å². The summed E-state index contributed by atoms with van der Waals surface area (Å²) in [6.45, 7) is 3.64. The highest BCUT2D eigenvalue weighted by Crippen LogP contribution is 2.27. The first-order valence-electron chi connectivity index (χ1n) is 8.16. The lowest BCUT2D eigenvalue weighted by molar-refractivity contribution is 0.102. The Morgan fingerprint density at radius 2 is 1.92 bits per heavy atom. The summed E-state index contributed by atoms with van der Waals surface area (Å²) in [5, 5.41) is 11.8. The molecule has 7 heteroatoms. The fourth-order valence-electron chi connectivity index (χ4n) is 2.98. The maximum Gasteiger partial charge on any atom is 0.256 e. The molecule has 3 aromatic heterocycles. The van der Waals surface area contributed by atoms with Crippen molar-refractivity contribution in [3.63, 3.8) is 0 Å². The zero-order valence-corrected chi connectivity index (χ0v) is 14.6. The van der Waals surface area contributed by atoms with E-state index in [1.54, 1.807) is 17.7 Å². The van der Waals surface area contributed by atoms with E-state index in [1.807, 2.05) is 44.3 Å². The van der Waals surface area contributed by atoms with E-state index in [0.29, 0.717) is 28.3 Å². The normalized spacial score (nSPS) is 11.0. The van der Waals surface area contributed by atoms with Crippen LogP contribution in [-0.4, -0.2) is 25.8 Å². The number of hydrogen-bond donors (Lipinski definition) is 1. The zero-order chi connectivity index (χ0) is 18.3. The summed E-state index contributed by atoms with van der Waals surface area (Å²) >= 11 is 0. The van der Waals surface area contributed by atoms with Gasteiger partial charge in [-0.15, -0.1) is 0 Å². The van der Waals surface area contributed by atoms with Crippen LogP contribution < -0.4 is 5.32 Å². The number of nitrogens with zero attached hydrogens (tertiary/aromatic N) is 4. The van der Waals surface area contributed by atoms with Crippen molar-refractivity contribution in [2.45, 2.75) is 13.8 Å². The Bertz CT molecular complexity index is 1110. The smallest absolute Gasteiger partial charge is 0.256 e. The summed E-state index contributed by atoms with van der Waals surface area (Å²) in [5.74, 6) is -0.253. The van der Waals surface area contributed by atoms with Crippen molar-refractivity contribution in [3.05, 3.63) is 59.6 Å². The van der Waals surface area contributed by atoms with Gasteiger partial charge in [0.25, 0.3) is 5.91 Å². The van der Waals surface area contributed by atoms with E-state index < -0.39 is 0 Å². The number of carbonyl (C=O) groups excluding carboxylic acids is 1. The van der Waals surface area contributed by atoms with E-state index in [9.17, 15) is 4.79 Å². The molecule has 0 saturated heterocycles. The molecule has 0 unspecified atom stereocenters. The lowest BCUT2D eigenvalue weighted by Gasteiger charge is -2.08. The average Bonchev–Trinajstić information content (AvgIpc) is 3.18. The predicted molar refractivity (Wildman–Crippen MR) is 97.9 cm³/mol. The van der Waals surface area contributed by atoms with Gasteiger partial charge in [-0.05, 0) is 19.9 Å². The van der Waals surface area contributed by atoms with Gasteiger partial charge in [-0.2, -0.15) is 5.10 Å². The molecule has 26 heavy (non-hydrogen) atoms. The first kappa shape index (κ1) is 16.0. The largest absolute Gasteiger partial charge is 0.362 e. The lowest BCUT2D eigenvalue weighted by atomic mass is 10.0. The van der Waals surface area contributed by atoms with Gasteiger partial charge < -0.3 is 9.84 Å². The van der Waals surface area contributed by atoms with Crippen LogP contribution in [0, 0.1) is 13.8 Å². The minimum Gasteiger partial charge on any atom is -0.362 e. The van der Waals surface area contributed by atoms with Crippen LogP contribution in [0.3, 0.4) is 0 Å². The molecule has 3 heterocycles. The molecule has 0 atom stereocenters. The Kier molecular flexibility index (Phi) is 3.76. The topological polar surface area (TPSA) is 85.8 Å². The second-order valence-electron chi connectivity index (χ2n) is 6.10. The fourth-order valence-corrected chi connectivity index (χ4v) is 2.98. The Morgan fingerprint density at radius 3 is 2.62 bits per heavy atom. The maximum absolute atomic E-state index is 13.0. The van der Waals surface area contributed by atoms with Gasteiger partial charge in [-0.3, -0.25) is 9.48 Å². The highest BCUT2D eigenvalue weighted by molar-refractivity contribution is 6.13. The molecule has 7 nitrogen and oxygen atoms in total. The SMILES string of the molecule is Cc1nocc1NC(=O)c1cc(-c2ccccc2)nc2c1c(C)nn2C. The number of anilines is 1. The van der Waals surface area contributed by atoms with Crippen LogP contribution in [0.1, 0.15) is 21.7 Å². The molecule has 0 radical (unpaired) electrons. The lowest BCUT2D eigenvalue weighted by Crippen LogP contribution is -2.13. The summed E-state index contributed by atoms with van der Waals surface area (Å²) < 4.78 is 6.59. The number of rotatable bonds is 3. The third-order valence-electron chi connectivity index (χ3n) is 4.28. The number of pyridine rings is 1. The Labute approximate surface area is 149 Å². The van der Waals surface area contributed by atoms with E-state index in [-0.39, 0.29) is 5.91 Å². The highest BCUT2D eigenvalue weighted by atomic mass is 16.5. The molecule has 1 N–H and O–H groups in total. The number of benzene rings is 1. The molecule has 4 aromatic rings. The van der Waals surface area contributed by atoms with Crippen molar-refractivity contribution in [1.29, 1.82) is 0 Å². The summed E-state index contributed by atoms with van der Waals surface area (Å²) in [6, 6.07) is 11.5. The summed E-state index contributed by atoms with van der Waals surface area (Å²) in [4.78, 5) is 17.7. The number of aromatic nitrogens is 4. The van der Waals surface area contributed by atoms with Crippen molar-refractivity contribution in [2.24, 2.45) is 7.05 Å². The molecule has 130 valence electrons. The van der Waals surface area contributed by atoms with Crippen LogP contribution >= 0.6 is 0 Å². The van der Waals surface area contributed by atoms with Crippen LogP contribution in [0.2, 0.25) is 0 Å². The number of fused-ring (bicyclic) bond motifs is 1. The van der Waals surface area contributed by atoms with Gasteiger partial charge in [0.2, 0.25) is 0 Å². The molecule has 0 aliphatic rings. The molecular formula is C19H17N5O2. The predicted octanol–water partition coefficient (Wildman–Crippen LogP) is 3.49. The monoisotopic (exact) mass is 347 g/mol. The van der Waals surface area contributed by atoms with Crippen LogP contribution in [0.25, 0.3) is 22.3 Å². The quantitative estimate of drug-likeness (QED) is 0.613. The van der Waals surface area contributed by atoms with Crippen LogP contribution in [0.4, 0.5) is 5.69 Å². The number of carbonyl (C=O) groups is 1. The van der Waals surface area contributed by atoms with Crippen LogP contribution in [-0.2, 0) is 7.05 Å². The van der Waals surface area contributed by atoms with E-state index in [2.05, 4.69) is 15.6 Å². The van der Waals surface area contributed by atoms with Crippen molar-refractivity contribution in [3.8, 4) is 11.3 Å². The highest BCUT2D eigenvalue weighted by Gasteiger charge is 2.20. The molecule has 0 fully saturated rings. The third kappa shape index (κ3) is 2.63. The van der Waals surface area contributed by atoms with Crippen LogP contribution in [0.15, 0.2) is 47.2 Å². The minimum absolute atomic E-state index is 0.253. The van der Waals surface area contributed by atoms with Crippen molar-refractivity contribution in [1.82, 2.24) is 19.9 Å². The maximum atomic E-state index is 13.0. The number of hydrogen-bond acceptors (Lipinski definition) is 5. The van der Waals surface area contributed by atoms with Crippen molar-refractivity contribution >= 4 is 22.6 Å². The molecule has 0 saturated carbocycles. The molecule has 0 spiro atoms. The molecular weight excluding hydrogens is 330 g/mol. The van der Waals surface area contributed by atoms with E-state index in [4.69, 9.17) is 9.51 Å². The van der Waals surface area contributed by atoms with Crippen LogP contribution in [0.5, 0.6) is 0 Å². The first-order valence-corrected chi connectivity index (χ1v) is 8.16. The second-order valence-corrected chi connectivity index (χ2v) is 6.10.